The van der Waals surface area contributed by atoms with Crippen molar-refractivity contribution in [3.05, 3.63) is 61.8 Å². The van der Waals surface area contributed by atoms with E-state index in [-0.39, 0.29) is 33.8 Å². The molecule has 0 aromatic heterocycles. The molecule has 3 atom stereocenters. The second kappa shape index (κ2) is 7.00. The Morgan fingerprint density at radius 2 is 2.00 bits per heavy atom. The number of fused-ring (bicyclic) bond motifs is 1. The summed E-state index contributed by atoms with van der Waals surface area (Å²) in [6, 6.07) is 10.0. The molecule has 1 aromatic rings. The van der Waals surface area contributed by atoms with Crippen LogP contribution in [0.5, 0.6) is 0 Å². The maximum atomic E-state index is 11.3. The van der Waals surface area contributed by atoms with E-state index in [0.29, 0.717) is 17.6 Å². The molecule has 0 fully saturated rings. The second-order valence-corrected chi connectivity index (χ2v) is 7.62. The van der Waals surface area contributed by atoms with Crippen molar-refractivity contribution in [1.29, 1.82) is 15.8 Å². The molecule has 0 amide bonds. The molecule has 0 spiro atoms. The summed E-state index contributed by atoms with van der Waals surface area (Å²) in [4.78, 5) is 10.7. The topological polar surface area (TPSA) is 141 Å². The van der Waals surface area contributed by atoms with Crippen molar-refractivity contribution in [2.24, 2.45) is 23.0 Å². The van der Waals surface area contributed by atoms with Crippen LogP contribution in [0.2, 0.25) is 5.02 Å². The molecule has 1 aromatic carbocycles. The molecule has 0 bridgehead atoms. The van der Waals surface area contributed by atoms with Gasteiger partial charge in [-0.25, -0.2) is 0 Å². The summed E-state index contributed by atoms with van der Waals surface area (Å²) in [5.74, 6) is -0.936. The first-order valence-corrected chi connectivity index (χ1v) is 9.05. The first kappa shape index (κ1) is 19.4. The van der Waals surface area contributed by atoms with Crippen LogP contribution in [0.15, 0.2) is 41.1 Å². The van der Waals surface area contributed by atoms with Gasteiger partial charge in [0.1, 0.15) is 6.07 Å². The van der Waals surface area contributed by atoms with E-state index in [0.717, 1.165) is 6.42 Å². The predicted molar refractivity (Wildman–Crippen MR) is 101 cm³/mol. The SMILES string of the molecule is CC1CC=C2C(C#N)=C(N)C(C#N)(C#N)[C@H](c3cc([N+](=O)[O-])ccc3Cl)[C@H]2C1. The zero-order valence-electron chi connectivity index (χ0n) is 15.0. The van der Waals surface area contributed by atoms with Crippen LogP contribution in [-0.2, 0) is 0 Å². The minimum absolute atomic E-state index is 0.121. The van der Waals surface area contributed by atoms with Crippen LogP contribution in [-0.4, -0.2) is 4.92 Å². The van der Waals surface area contributed by atoms with Crippen molar-refractivity contribution in [1.82, 2.24) is 0 Å². The monoisotopic (exact) mass is 393 g/mol. The van der Waals surface area contributed by atoms with Crippen LogP contribution in [0.3, 0.4) is 0 Å². The Labute approximate surface area is 167 Å². The van der Waals surface area contributed by atoms with Gasteiger partial charge in [-0.3, -0.25) is 10.1 Å². The molecule has 2 aliphatic carbocycles. The number of hydrogen-bond donors (Lipinski definition) is 1. The molecule has 0 saturated carbocycles. The third-order valence-electron chi connectivity index (χ3n) is 5.64. The molecule has 0 aliphatic heterocycles. The number of nitro groups is 1. The molecule has 3 rings (SSSR count). The van der Waals surface area contributed by atoms with Crippen molar-refractivity contribution in [2.75, 3.05) is 0 Å². The largest absolute Gasteiger partial charge is 0.399 e. The molecule has 2 N–H and O–H groups in total. The highest BCUT2D eigenvalue weighted by Gasteiger charge is 2.55. The van der Waals surface area contributed by atoms with Crippen molar-refractivity contribution in [3.8, 4) is 18.2 Å². The first-order valence-electron chi connectivity index (χ1n) is 8.67. The van der Waals surface area contributed by atoms with Crippen molar-refractivity contribution < 1.29 is 4.92 Å². The molecule has 0 radical (unpaired) electrons. The number of non-ortho nitro benzene ring substituents is 1. The highest BCUT2D eigenvalue weighted by atomic mass is 35.5. The van der Waals surface area contributed by atoms with Gasteiger partial charge in [0, 0.05) is 23.1 Å². The Kier molecular flexibility index (Phi) is 4.86. The molecule has 7 nitrogen and oxygen atoms in total. The van der Waals surface area contributed by atoms with E-state index in [1.807, 2.05) is 25.1 Å². The Bertz CT molecular complexity index is 1040. The highest BCUT2D eigenvalue weighted by Crippen LogP contribution is 2.57. The Balaban J connectivity index is 2.39. The molecule has 28 heavy (non-hydrogen) atoms. The van der Waals surface area contributed by atoms with Crippen LogP contribution in [0, 0.1) is 61.4 Å². The van der Waals surface area contributed by atoms with Gasteiger partial charge in [0.2, 0.25) is 0 Å². The Morgan fingerprint density at radius 1 is 1.32 bits per heavy atom. The number of benzene rings is 1. The van der Waals surface area contributed by atoms with E-state index in [1.54, 1.807) is 0 Å². The molecule has 2 aliphatic rings. The lowest BCUT2D eigenvalue weighted by atomic mass is 9.56. The van der Waals surface area contributed by atoms with Gasteiger partial charge in [-0.05, 0) is 41.9 Å². The second-order valence-electron chi connectivity index (χ2n) is 7.22. The summed E-state index contributed by atoms with van der Waals surface area (Å²) in [6.45, 7) is 2.04. The minimum atomic E-state index is -1.84. The summed E-state index contributed by atoms with van der Waals surface area (Å²) >= 11 is 6.38. The van der Waals surface area contributed by atoms with Gasteiger partial charge in [-0.15, -0.1) is 0 Å². The highest BCUT2D eigenvalue weighted by molar-refractivity contribution is 6.31. The molecule has 8 heteroatoms. The van der Waals surface area contributed by atoms with Crippen LogP contribution >= 0.6 is 11.6 Å². The molecular weight excluding hydrogens is 378 g/mol. The fraction of sp³-hybridized carbons (Fsp3) is 0.350. The van der Waals surface area contributed by atoms with E-state index in [1.165, 1.54) is 18.2 Å². The van der Waals surface area contributed by atoms with E-state index in [4.69, 9.17) is 17.3 Å². The average molecular weight is 394 g/mol. The van der Waals surface area contributed by atoms with Crippen molar-refractivity contribution in [3.63, 3.8) is 0 Å². The number of rotatable bonds is 2. The molecule has 1 unspecified atom stereocenters. The predicted octanol–water partition coefficient (Wildman–Crippen LogP) is 4.09. The number of nitrogens with two attached hydrogens (primary N) is 1. The van der Waals surface area contributed by atoms with Gasteiger partial charge in [0.05, 0.1) is 28.3 Å². The van der Waals surface area contributed by atoms with E-state index in [2.05, 4.69) is 6.07 Å². The van der Waals surface area contributed by atoms with Gasteiger partial charge < -0.3 is 5.73 Å². The Hall–Kier alpha value is -3.34. The fourth-order valence-corrected chi connectivity index (χ4v) is 4.54. The van der Waals surface area contributed by atoms with Gasteiger partial charge in [0.15, 0.2) is 5.41 Å². The molecule has 0 heterocycles. The summed E-state index contributed by atoms with van der Waals surface area (Å²) in [7, 11) is 0. The zero-order valence-corrected chi connectivity index (χ0v) is 15.8. The smallest absolute Gasteiger partial charge is 0.269 e. The van der Waals surface area contributed by atoms with Gasteiger partial charge in [-0.1, -0.05) is 24.6 Å². The zero-order chi connectivity index (χ0) is 20.6. The fourth-order valence-electron chi connectivity index (χ4n) is 4.30. The van der Waals surface area contributed by atoms with Gasteiger partial charge >= 0.3 is 0 Å². The molecule has 0 saturated heterocycles. The lowest BCUT2D eigenvalue weighted by Gasteiger charge is -2.44. The summed E-state index contributed by atoms with van der Waals surface area (Å²) in [5, 5.41) is 41.1. The lowest BCUT2D eigenvalue weighted by molar-refractivity contribution is -0.384. The van der Waals surface area contributed by atoms with Crippen LogP contribution in [0.1, 0.15) is 31.2 Å². The Morgan fingerprint density at radius 3 is 2.57 bits per heavy atom. The number of nitriles is 3. The molecule has 140 valence electrons. The van der Waals surface area contributed by atoms with Gasteiger partial charge in [-0.2, -0.15) is 15.8 Å². The molecular formula is C20H16ClN5O2. The van der Waals surface area contributed by atoms with E-state index < -0.39 is 16.3 Å². The number of hydrogen-bond acceptors (Lipinski definition) is 6. The number of nitrogens with zero attached hydrogens (tertiary/aromatic N) is 4. The van der Waals surface area contributed by atoms with Gasteiger partial charge in [0.25, 0.3) is 5.69 Å². The summed E-state index contributed by atoms with van der Waals surface area (Å²) in [6.07, 6.45) is 3.27. The standard InChI is InChI=1S/C20H16ClN5O2/c1-11-2-4-13-14(6-11)18(15-7-12(26(27)28)3-5-17(15)21)20(9-23,10-24)19(25)16(13)8-22/h3-5,7,11,14,18H,2,6,25H2,1H3/t11?,14-,18-/m0/s1. The van der Waals surface area contributed by atoms with Crippen LogP contribution in [0.4, 0.5) is 5.69 Å². The summed E-state index contributed by atoms with van der Waals surface area (Å²) < 4.78 is 0. The maximum Gasteiger partial charge on any atom is 0.269 e. The first-order chi connectivity index (χ1) is 13.3. The normalized spacial score (nSPS) is 25.5. The maximum absolute atomic E-state index is 11.3. The quantitative estimate of drug-likeness (QED) is 0.592. The number of nitro benzene ring substituents is 1. The summed E-state index contributed by atoms with van der Waals surface area (Å²) in [5.41, 5.74) is 5.21. The van der Waals surface area contributed by atoms with Crippen molar-refractivity contribution in [2.45, 2.75) is 25.7 Å². The lowest BCUT2D eigenvalue weighted by Crippen LogP contribution is -2.43. The minimum Gasteiger partial charge on any atom is -0.399 e. The average Bonchev–Trinajstić information content (AvgIpc) is 2.68. The number of allylic oxidation sites excluding steroid dienone is 4. The third kappa shape index (κ3) is 2.71. The van der Waals surface area contributed by atoms with Crippen molar-refractivity contribution >= 4 is 17.3 Å². The van der Waals surface area contributed by atoms with E-state index >= 15 is 0 Å². The van der Waals surface area contributed by atoms with E-state index in [9.17, 15) is 25.9 Å². The number of halogens is 1. The van der Waals surface area contributed by atoms with Crippen LogP contribution in [0.25, 0.3) is 0 Å². The van der Waals surface area contributed by atoms with Crippen LogP contribution < -0.4 is 5.73 Å². The third-order valence-corrected chi connectivity index (χ3v) is 5.98.